The fourth-order valence-corrected chi connectivity index (χ4v) is 2.89. The van der Waals surface area contributed by atoms with Crippen LogP contribution in [0.25, 0.3) is 0 Å². The molecule has 112 valence electrons. The Hall–Kier alpha value is -1.11. The first-order valence-electron chi connectivity index (χ1n) is 6.18. The number of rotatable bonds is 5. The Morgan fingerprint density at radius 2 is 1.90 bits per heavy atom. The second-order valence-corrected chi connectivity index (χ2v) is 6.05. The highest BCUT2D eigenvalue weighted by Gasteiger charge is 2.12. The predicted molar refractivity (Wildman–Crippen MR) is 87.0 cm³/mol. The molecular formula is C15H14Br2FNO2. The minimum absolute atomic E-state index is 0.289. The Morgan fingerprint density at radius 3 is 2.52 bits per heavy atom. The Kier molecular flexibility index (Phi) is 5.61. The molecule has 0 aromatic heterocycles. The van der Waals surface area contributed by atoms with E-state index in [0.29, 0.717) is 22.5 Å². The molecule has 0 fully saturated rings. The topological polar surface area (TPSA) is 44.5 Å². The molecule has 2 aromatic rings. The second-order valence-electron chi connectivity index (χ2n) is 4.34. The van der Waals surface area contributed by atoms with Crippen LogP contribution in [0.15, 0.2) is 39.3 Å². The zero-order valence-corrected chi connectivity index (χ0v) is 14.5. The first kappa shape index (κ1) is 16.3. The van der Waals surface area contributed by atoms with Crippen LogP contribution < -0.4 is 15.2 Å². The molecule has 0 heterocycles. The summed E-state index contributed by atoms with van der Waals surface area (Å²) in [4.78, 5) is 0. The van der Waals surface area contributed by atoms with Gasteiger partial charge in [0, 0.05) is 16.6 Å². The van der Waals surface area contributed by atoms with E-state index in [-0.39, 0.29) is 12.4 Å². The lowest BCUT2D eigenvalue weighted by Gasteiger charge is -2.14. The summed E-state index contributed by atoms with van der Waals surface area (Å²) in [5.41, 5.74) is 7.41. The van der Waals surface area contributed by atoms with Gasteiger partial charge in [0.05, 0.1) is 11.6 Å². The maximum absolute atomic E-state index is 13.1. The average Bonchev–Trinajstić information content (AvgIpc) is 2.46. The van der Waals surface area contributed by atoms with Crippen LogP contribution in [-0.4, -0.2) is 7.11 Å². The number of methoxy groups -OCH3 is 1. The van der Waals surface area contributed by atoms with E-state index in [4.69, 9.17) is 15.2 Å². The van der Waals surface area contributed by atoms with Gasteiger partial charge in [0.15, 0.2) is 11.5 Å². The van der Waals surface area contributed by atoms with Gasteiger partial charge in [0.1, 0.15) is 12.4 Å². The molecule has 6 heteroatoms. The molecule has 0 atom stereocenters. The fourth-order valence-electron chi connectivity index (χ4n) is 1.82. The van der Waals surface area contributed by atoms with Crippen LogP contribution in [0.4, 0.5) is 4.39 Å². The Morgan fingerprint density at radius 1 is 1.14 bits per heavy atom. The molecule has 0 saturated carbocycles. The first-order chi connectivity index (χ1) is 10.0. The van der Waals surface area contributed by atoms with Crippen molar-refractivity contribution < 1.29 is 13.9 Å². The lowest BCUT2D eigenvalue weighted by atomic mass is 10.2. The van der Waals surface area contributed by atoms with Gasteiger partial charge in [0.2, 0.25) is 0 Å². The Balaban J connectivity index is 2.23. The minimum atomic E-state index is -0.295. The summed E-state index contributed by atoms with van der Waals surface area (Å²) in [5, 5.41) is 0. The van der Waals surface area contributed by atoms with Crippen molar-refractivity contribution in [2.45, 2.75) is 13.2 Å². The average molecular weight is 419 g/mol. The number of hydrogen-bond donors (Lipinski definition) is 1. The standard InChI is InChI=1S/C15H14Br2FNO2/c1-20-14-5-9(7-19)4-13(17)15(14)21-8-10-2-3-11(18)6-12(10)16/h2-6H,7-8,19H2,1H3. The molecular weight excluding hydrogens is 405 g/mol. The maximum atomic E-state index is 13.1. The fraction of sp³-hybridized carbons (Fsp3) is 0.200. The number of hydrogen-bond acceptors (Lipinski definition) is 3. The van der Waals surface area contributed by atoms with E-state index in [1.165, 1.54) is 12.1 Å². The molecule has 2 rings (SSSR count). The third-order valence-corrected chi connectivity index (χ3v) is 4.24. The van der Waals surface area contributed by atoms with Gasteiger partial charge in [-0.05, 0) is 45.8 Å². The van der Waals surface area contributed by atoms with Gasteiger partial charge < -0.3 is 15.2 Å². The van der Waals surface area contributed by atoms with E-state index < -0.39 is 0 Å². The molecule has 21 heavy (non-hydrogen) atoms. The summed E-state index contributed by atoms with van der Waals surface area (Å²) in [7, 11) is 1.57. The highest BCUT2D eigenvalue weighted by Crippen LogP contribution is 2.37. The van der Waals surface area contributed by atoms with Crippen molar-refractivity contribution in [1.29, 1.82) is 0 Å². The van der Waals surface area contributed by atoms with E-state index in [1.807, 2.05) is 12.1 Å². The van der Waals surface area contributed by atoms with Crippen molar-refractivity contribution in [2.75, 3.05) is 7.11 Å². The van der Waals surface area contributed by atoms with E-state index in [2.05, 4.69) is 31.9 Å². The second kappa shape index (κ2) is 7.24. The summed E-state index contributed by atoms with van der Waals surface area (Å²) >= 11 is 6.77. The van der Waals surface area contributed by atoms with Gasteiger partial charge in [-0.15, -0.1) is 0 Å². The van der Waals surface area contributed by atoms with Crippen molar-refractivity contribution in [2.24, 2.45) is 5.73 Å². The lowest BCUT2D eigenvalue weighted by molar-refractivity contribution is 0.281. The van der Waals surface area contributed by atoms with E-state index in [1.54, 1.807) is 13.2 Å². The van der Waals surface area contributed by atoms with Crippen molar-refractivity contribution in [3.05, 3.63) is 56.2 Å². The van der Waals surface area contributed by atoms with Gasteiger partial charge in [-0.25, -0.2) is 4.39 Å². The van der Waals surface area contributed by atoms with Crippen LogP contribution in [0.3, 0.4) is 0 Å². The maximum Gasteiger partial charge on any atom is 0.175 e. The van der Waals surface area contributed by atoms with E-state index in [9.17, 15) is 4.39 Å². The molecule has 0 spiro atoms. The number of ether oxygens (including phenoxy) is 2. The van der Waals surface area contributed by atoms with Crippen LogP contribution >= 0.6 is 31.9 Å². The summed E-state index contributed by atoms with van der Waals surface area (Å²) in [6.07, 6.45) is 0. The zero-order chi connectivity index (χ0) is 15.4. The molecule has 0 aliphatic carbocycles. The highest BCUT2D eigenvalue weighted by atomic mass is 79.9. The zero-order valence-electron chi connectivity index (χ0n) is 11.3. The third kappa shape index (κ3) is 3.96. The van der Waals surface area contributed by atoms with Gasteiger partial charge in [-0.3, -0.25) is 0 Å². The molecule has 3 nitrogen and oxygen atoms in total. The molecule has 0 amide bonds. The van der Waals surface area contributed by atoms with E-state index in [0.717, 1.165) is 15.6 Å². The molecule has 0 saturated heterocycles. The Bertz CT molecular complexity index is 650. The molecule has 2 aromatic carbocycles. The largest absolute Gasteiger partial charge is 0.493 e. The molecule has 0 radical (unpaired) electrons. The van der Waals surface area contributed by atoms with Crippen LogP contribution in [0.2, 0.25) is 0 Å². The van der Waals surface area contributed by atoms with Crippen LogP contribution in [-0.2, 0) is 13.2 Å². The number of halogens is 3. The minimum Gasteiger partial charge on any atom is -0.493 e. The monoisotopic (exact) mass is 417 g/mol. The van der Waals surface area contributed by atoms with Crippen LogP contribution in [0.5, 0.6) is 11.5 Å². The molecule has 0 unspecified atom stereocenters. The molecule has 0 aliphatic heterocycles. The van der Waals surface area contributed by atoms with Gasteiger partial charge in [0.25, 0.3) is 0 Å². The number of nitrogens with two attached hydrogens (primary N) is 1. The van der Waals surface area contributed by atoms with Crippen molar-refractivity contribution in [1.82, 2.24) is 0 Å². The van der Waals surface area contributed by atoms with Crippen molar-refractivity contribution in [3.8, 4) is 11.5 Å². The van der Waals surface area contributed by atoms with Gasteiger partial charge in [-0.1, -0.05) is 22.0 Å². The number of benzene rings is 2. The molecule has 0 aliphatic rings. The normalized spacial score (nSPS) is 10.5. The summed E-state index contributed by atoms with van der Waals surface area (Å²) in [5.74, 6) is 0.894. The lowest BCUT2D eigenvalue weighted by Crippen LogP contribution is -2.02. The molecule has 2 N–H and O–H groups in total. The smallest absolute Gasteiger partial charge is 0.175 e. The third-order valence-electron chi connectivity index (χ3n) is 2.91. The SMILES string of the molecule is COc1cc(CN)cc(Br)c1OCc1ccc(F)cc1Br. The van der Waals surface area contributed by atoms with Crippen molar-refractivity contribution >= 4 is 31.9 Å². The summed E-state index contributed by atoms with van der Waals surface area (Å²) < 4.78 is 25.6. The summed E-state index contributed by atoms with van der Waals surface area (Å²) in [6, 6.07) is 8.20. The van der Waals surface area contributed by atoms with Gasteiger partial charge >= 0.3 is 0 Å². The van der Waals surface area contributed by atoms with E-state index >= 15 is 0 Å². The predicted octanol–water partition coefficient (Wildman–Crippen LogP) is 4.40. The first-order valence-corrected chi connectivity index (χ1v) is 7.77. The highest BCUT2D eigenvalue weighted by molar-refractivity contribution is 9.10. The van der Waals surface area contributed by atoms with Crippen LogP contribution in [0.1, 0.15) is 11.1 Å². The molecule has 0 bridgehead atoms. The Labute approximate surface area is 139 Å². The quantitative estimate of drug-likeness (QED) is 0.782. The van der Waals surface area contributed by atoms with Gasteiger partial charge in [-0.2, -0.15) is 0 Å². The van der Waals surface area contributed by atoms with Crippen LogP contribution in [0, 0.1) is 5.82 Å². The summed E-state index contributed by atoms with van der Waals surface area (Å²) in [6.45, 7) is 0.705. The van der Waals surface area contributed by atoms with Crippen molar-refractivity contribution in [3.63, 3.8) is 0 Å².